The topological polar surface area (TPSA) is 28.0 Å². The molecule has 0 radical (unpaired) electrons. The molecule has 1 heterocycles. The van der Waals surface area contributed by atoms with Crippen LogP contribution in [-0.2, 0) is 4.79 Å². The minimum absolute atomic E-state index is 0.0493. The molecule has 25 heavy (non-hydrogen) atoms. The Morgan fingerprint density at radius 2 is 1.80 bits per heavy atom. The molecular weight excluding hydrogens is 334 g/mol. The third-order valence-corrected chi connectivity index (χ3v) is 5.27. The van der Waals surface area contributed by atoms with E-state index in [1.807, 2.05) is 62.5 Å². The van der Waals surface area contributed by atoms with E-state index in [0.717, 1.165) is 42.6 Å². The smallest absolute Gasteiger partial charge is 0.284 e. The number of amides is 1. The average Bonchev–Trinajstić information content (AvgIpc) is 2.67. The lowest BCUT2D eigenvalue weighted by Gasteiger charge is -2.37. The number of likely N-dealkylation sites (N-methyl/N-ethyl adjacent to an activating group) is 1. The van der Waals surface area contributed by atoms with Crippen LogP contribution in [0.25, 0.3) is 0 Å². The van der Waals surface area contributed by atoms with Gasteiger partial charge in [-0.15, -0.1) is 0 Å². The molecule has 132 valence electrons. The van der Waals surface area contributed by atoms with Crippen LogP contribution >= 0.6 is 11.6 Å². The quantitative estimate of drug-likeness (QED) is 0.906. The van der Waals surface area contributed by atoms with Crippen LogP contribution in [-0.4, -0.2) is 45.2 Å². The number of rotatable bonds is 4. The van der Waals surface area contributed by atoms with Gasteiger partial charge in [-0.05, 0) is 37.3 Å². The molecule has 0 spiro atoms. The van der Waals surface area contributed by atoms with Crippen molar-refractivity contribution in [1.29, 1.82) is 0 Å². The van der Waals surface area contributed by atoms with Gasteiger partial charge < -0.3 is 14.7 Å². The average molecular weight is 359 g/mol. The summed E-state index contributed by atoms with van der Waals surface area (Å²) in [7, 11) is 1.86. The molecule has 1 aliphatic rings. The van der Waals surface area contributed by atoms with Gasteiger partial charge in [0.15, 0.2) is 6.04 Å². The number of hydrogen-bond acceptors (Lipinski definition) is 2. The Morgan fingerprint density at radius 3 is 2.44 bits per heavy atom. The molecule has 1 atom stereocenters. The Hall–Kier alpha value is -2.04. The van der Waals surface area contributed by atoms with Crippen molar-refractivity contribution in [1.82, 2.24) is 0 Å². The fourth-order valence-corrected chi connectivity index (χ4v) is 3.59. The Morgan fingerprint density at radius 1 is 1.12 bits per heavy atom. The fourth-order valence-electron chi connectivity index (χ4n) is 3.40. The van der Waals surface area contributed by atoms with Gasteiger partial charge in [0.1, 0.15) is 0 Å². The van der Waals surface area contributed by atoms with Gasteiger partial charge in [-0.25, -0.2) is 0 Å². The number of benzene rings is 2. The maximum Gasteiger partial charge on any atom is 0.284 e. The van der Waals surface area contributed by atoms with Gasteiger partial charge in [0, 0.05) is 23.4 Å². The van der Waals surface area contributed by atoms with Crippen LogP contribution in [0.15, 0.2) is 54.6 Å². The molecule has 4 nitrogen and oxygen atoms in total. The predicted octanol–water partition coefficient (Wildman–Crippen LogP) is 2.10. The lowest BCUT2D eigenvalue weighted by molar-refractivity contribution is -0.914. The molecular formula is C20H25ClN3O+. The van der Waals surface area contributed by atoms with E-state index in [1.165, 1.54) is 4.90 Å². The first kappa shape index (κ1) is 17.8. The van der Waals surface area contributed by atoms with Crippen molar-refractivity contribution in [3.05, 3.63) is 59.6 Å². The summed E-state index contributed by atoms with van der Waals surface area (Å²) in [5, 5.41) is 0.764. The van der Waals surface area contributed by atoms with Crippen LogP contribution in [0.5, 0.6) is 0 Å². The first-order valence-corrected chi connectivity index (χ1v) is 9.12. The van der Waals surface area contributed by atoms with Crippen LogP contribution in [0.1, 0.15) is 6.92 Å². The number of carbonyl (C=O) groups excluding carboxylic acids is 1. The summed E-state index contributed by atoms with van der Waals surface area (Å²) in [6, 6.07) is 17.7. The maximum absolute atomic E-state index is 12.8. The highest BCUT2D eigenvalue weighted by Crippen LogP contribution is 2.19. The van der Waals surface area contributed by atoms with Crippen LogP contribution in [0.4, 0.5) is 11.4 Å². The number of nitrogens with zero attached hydrogens (tertiary/aromatic N) is 2. The molecule has 1 fully saturated rings. The molecule has 1 amide bonds. The van der Waals surface area contributed by atoms with E-state index < -0.39 is 0 Å². The van der Waals surface area contributed by atoms with Gasteiger partial charge in [-0.1, -0.05) is 35.9 Å². The number of anilines is 2. The van der Waals surface area contributed by atoms with E-state index in [4.69, 9.17) is 11.6 Å². The molecule has 5 heteroatoms. The second kappa shape index (κ2) is 7.89. The zero-order valence-electron chi connectivity index (χ0n) is 14.8. The number of carbonyl (C=O) groups is 1. The summed E-state index contributed by atoms with van der Waals surface area (Å²) in [5.74, 6) is 0.164. The lowest BCUT2D eigenvalue weighted by Crippen LogP contribution is -3.19. The number of hydrogen-bond donors (Lipinski definition) is 1. The molecule has 2 aromatic rings. The van der Waals surface area contributed by atoms with Crippen molar-refractivity contribution < 1.29 is 9.69 Å². The number of quaternary nitrogens is 1. The minimum atomic E-state index is -0.0493. The SMILES string of the molecule is C[C@H](C(=O)N(C)c1ccccc1)[NH+]1CCN(c2cccc(Cl)c2)CC1. The number of para-hydroxylation sites is 1. The van der Waals surface area contributed by atoms with Gasteiger partial charge in [-0.2, -0.15) is 0 Å². The van der Waals surface area contributed by atoms with Crippen LogP contribution < -0.4 is 14.7 Å². The molecule has 3 rings (SSSR count). The molecule has 1 saturated heterocycles. The summed E-state index contributed by atoms with van der Waals surface area (Å²) in [5.41, 5.74) is 2.10. The third kappa shape index (κ3) is 4.14. The Labute approximate surface area is 154 Å². The summed E-state index contributed by atoms with van der Waals surface area (Å²) in [6.07, 6.45) is 0. The summed E-state index contributed by atoms with van der Waals surface area (Å²) >= 11 is 6.10. The zero-order valence-corrected chi connectivity index (χ0v) is 15.5. The Kier molecular flexibility index (Phi) is 5.61. The van der Waals surface area contributed by atoms with E-state index in [-0.39, 0.29) is 11.9 Å². The summed E-state index contributed by atoms with van der Waals surface area (Å²) < 4.78 is 0. The molecule has 0 aromatic heterocycles. The van der Waals surface area contributed by atoms with Gasteiger partial charge in [0.2, 0.25) is 0 Å². The van der Waals surface area contributed by atoms with E-state index in [9.17, 15) is 4.79 Å². The second-order valence-corrected chi connectivity index (χ2v) is 7.02. The minimum Gasteiger partial charge on any atom is -0.360 e. The first-order chi connectivity index (χ1) is 12.1. The standard InChI is InChI=1S/C20H24ClN3O/c1-16(20(25)22(2)18-8-4-3-5-9-18)23-11-13-24(14-12-23)19-10-6-7-17(21)15-19/h3-10,15-16H,11-14H2,1-2H3/p+1/t16-/m1/s1. The fraction of sp³-hybridized carbons (Fsp3) is 0.350. The summed E-state index contributed by atoms with van der Waals surface area (Å²) in [4.78, 5) is 18.3. The number of halogens is 1. The number of piperazine rings is 1. The third-order valence-electron chi connectivity index (χ3n) is 5.04. The molecule has 0 aliphatic carbocycles. The molecule has 1 N–H and O–H groups in total. The lowest BCUT2D eigenvalue weighted by atomic mass is 10.1. The van der Waals surface area contributed by atoms with E-state index >= 15 is 0 Å². The van der Waals surface area contributed by atoms with E-state index in [1.54, 1.807) is 4.90 Å². The van der Waals surface area contributed by atoms with Crippen LogP contribution in [0.3, 0.4) is 0 Å². The number of nitrogens with one attached hydrogen (secondary N) is 1. The normalized spacial score (nSPS) is 16.5. The Balaban J connectivity index is 1.59. The molecule has 0 unspecified atom stereocenters. The summed E-state index contributed by atoms with van der Waals surface area (Å²) in [6.45, 7) is 5.79. The van der Waals surface area contributed by atoms with Crippen LogP contribution in [0, 0.1) is 0 Å². The van der Waals surface area contributed by atoms with Crippen molar-refractivity contribution in [3.63, 3.8) is 0 Å². The van der Waals surface area contributed by atoms with Crippen molar-refractivity contribution in [2.45, 2.75) is 13.0 Å². The molecule has 0 saturated carbocycles. The maximum atomic E-state index is 12.8. The zero-order chi connectivity index (χ0) is 17.8. The van der Waals surface area contributed by atoms with E-state index in [0.29, 0.717) is 0 Å². The molecule has 2 aromatic carbocycles. The Bertz CT molecular complexity index is 714. The predicted molar refractivity (Wildman–Crippen MR) is 104 cm³/mol. The monoisotopic (exact) mass is 358 g/mol. The van der Waals surface area contributed by atoms with E-state index in [2.05, 4.69) is 11.0 Å². The molecule has 1 aliphatic heterocycles. The van der Waals surface area contributed by atoms with Crippen molar-refractivity contribution in [2.75, 3.05) is 43.0 Å². The first-order valence-electron chi connectivity index (χ1n) is 8.74. The van der Waals surface area contributed by atoms with Crippen molar-refractivity contribution in [2.24, 2.45) is 0 Å². The van der Waals surface area contributed by atoms with Gasteiger partial charge in [0.05, 0.1) is 26.2 Å². The highest BCUT2D eigenvalue weighted by atomic mass is 35.5. The van der Waals surface area contributed by atoms with Crippen molar-refractivity contribution >= 4 is 28.9 Å². The highest BCUT2D eigenvalue weighted by Gasteiger charge is 2.31. The molecule has 0 bridgehead atoms. The second-order valence-electron chi connectivity index (χ2n) is 6.58. The van der Waals surface area contributed by atoms with Crippen molar-refractivity contribution in [3.8, 4) is 0 Å². The van der Waals surface area contributed by atoms with Gasteiger partial charge >= 0.3 is 0 Å². The van der Waals surface area contributed by atoms with Gasteiger partial charge in [0.25, 0.3) is 5.91 Å². The highest BCUT2D eigenvalue weighted by molar-refractivity contribution is 6.30. The largest absolute Gasteiger partial charge is 0.360 e. The van der Waals surface area contributed by atoms with Gasteiger partial charge in [-0.3, -0.25) is 4.79 Å². The van der Waals surface area contributed by atoms with Crippen LogP contribution in [0.2, 0.25) is 5.02 Å².